The minimum absolute atomic E-state index is 0.0345. The molecule has 0 bridgehead atoms. The van der Waals surface area contributed by atoms with Crippen molar-refractivity contribution in [1.29, 1.82) is 0 Å². The van der Waals surface area contributed by atoms with Crippen LogP contribution in [-0.4, -0.2) is 12.6 Å². The van der Waals surface area contributed by atoms with Crippen LogP contribution in [0.15, 0.2) is 0 Å². The van der Waals surface area contributed by atoms with Crippen LogP contribution in [0.25, 0.3) is 0 Å². The van der Waals surface area contributed by atoms with Crippen LogP contribution in [0, 0.1) is 11.8 Å². The Kier molecular flexibility index (Phi) is 46.4. The predicted octanol–water partition coefficient (Wildman–Crippen LogP) is 19.0. The first-order chi connectivity index (χ1) is 26.6. The lowest BCUT2D eigenvalue weighted by Crippen LogP contribution is -2.05. The minimum Gasteiger partial charge on any atom is -0.466 e. The molecule has 0 saturated heterocycles. The quantitative estimate of drug-likeness (QED) is 0.0456. The molecule has 2 nitrogen and oxygen atoms in total. The van der Waals surface area contributed by atoms with E-state index in [9.17, 15) is 4.79 Å². The lowest BCUT2D eigenvalue weighted by atomic mass is 9.89. The van der Waals surface area contributed by atoms with Crippen LogP contribution < -0.4 is 0 Å². The number of carbonyl (C=O) groups is 1. The van der Waals surface area contributed by atoms with Gasteiger partial charge in [-0.3, -0.25) is 4.79 Å². The molecule has 0 aliphatic rings. The average Bonchev–Trinajstić information content (AvgIpc) is 3.16. The van der Waals surface area contributed by atoms with E-state index in [-0.39, 0.29) is 5.97 Å². The summed E-state index contributed by atoms with van der Waals surface area (Å²) in [6.07, 6.45) is 60.9. The van der Waals surface area contributed by atoms with Crippen molar-refractivity contribution in [3.05, 3.63) is 0 Å². The van der Waals surface area contributed by atoms with E-state index >= 15 is 0 Å². The summed E-state index contributed by atoms with van der Waals surface area (Å²) in [6, 6.07) is 0. The van der Waals surface area contributed by atoms with Gasteiger partial charge in [0.05, 0.1) is 6.61 Å². The molecule has 0 aliphatic heterocycles. The maximum Gasteiger partial charge on any atom is 0.305 e. The molecule has 324 valence electrons. The lowest BCUT2D eigenvalue weighted by molar-refractivity contribution is -0.143. The second-order valence-corrected chi connectivity index (χ2v) is 18.5. The van der Waals surface area contributed by atoms with Crippen LogP contribution in [0.4, 0.5) is 0 Å². The van der Waals surface area contributed by atoms with Crippen molar-refractivity contribution in [3.63, 3.8) is 0 Å². The molecule has 2 heteroatoms. The maximum absolute atomic E-state index is 12.1. The molecule has 0 saturated carbocycles. The smallest absolute Gasteiger partial charge is 0.305 e. The first-order valence-electron chi connectivity index (χ1n) is 25.8. The Morgan fingerprint density at radius 3 is 0.926 bits per heavy atom. The van der Waals surface area contributed by atoms with Crippen molar-refractivity contribution in [3.8, 4) is 0 Å². The van der Waals surface area contributed by atoms with Crippen molar-refractivity contribution in [1.82, 2.24) is 0 Å². The summed E-state index contributed by atoms with van der Waals surface area (Å²) in [5, 5.41) is 0. The molecule has 0 aliphatic carbocycles. The van der Waals surface area contributed by atoms with Gasteiger partial charge in [0.2, 0.25) is 0 Å². The van der Waals surface area contributed by atoms with Gasteiger partial charge >= 0.3 is 5.97 Å². The highest BCUT2D eigenvalue weighted by Gasteiger charge is 2.09. The van der Waals surface area contributed by atoms with Crippen LogP contribution in [0.3, 0.4) is 0 Å². The summed E-state index contributed by atoms with van der Waals surface area (Å²) in [4.78, 5) is 12.1. The third-order valence-corrected chi connectivity index (χ3v) is 12.4. The van der Waals surface area contributed by atoms with E-state index in [1.165, 1.54) is 263 Å². The maximum atomic E-state index is 12.1. The predicted molar refractivity (Wildman–Crippen MR) is 244 cm³/mol. The molecule has 0 radical (unpaired) electrons. The molecule has 0 spiro atoms. The van der Waals surface area contributed by atoms with Crippen molar-refractivity contribution >= 4 is 5.97 Å². The Hall–Kier alpha value is -0.530. The van der Waals surface area contributed by atoms with Gasteiger partial charge in [-0.2, -0.15) is 0 Å². The highest BCUT2D eigenvalue weighted by Crippen LogP contribution is 2.25. The second-order valence-electron chi connectivity index (χ2n) is 18.5. The number of esters is 1. The van der Waals surface area contributed by atoms with Gasteiger partial charge < -0.3 is 4.74 Å². The SMILES string of the molecule is CCCCCCCCCCCCCCCCCCC(CCCCCC)CCCCCCCCCCC(=O)OCCCCCCCCCCCCCC(C)C. The first-order valence-corrected chi connectivity index (χ1v) is 25.8. The highest BCUT2D eigenvalue weighted by atomic mass is 16.5. The number of ether oxygens (including phenoxy) is 1. The van der Waals surface area contributed by atoms with E-state index in [2.05, 4.69) is 27.7 Å². The van der Waals surface area contributed by atoms with Gasteiger partial charge in [-0.25, -0.2) is 0 Å². The number of rotatable bonds is 47. The largest absolute Gasteiger partial charge is 0.466 e. The topological polar surface area (TPSA) is 26.3 Å². The molecule has 0 aromatic heterocycles. The summed E-state index contributed by atoms with van der Waals surface area (Å²) >= 11 is 0. The van der Waals surface area contributed by atoms with Crippen LogP contribution in [0.2, 0.25) is 0 Å². The van der Waals surface area contributed by atoms with E-state index in [0.29, 0.717) is 13.0 Å². The third kappa shape index (κ3) is 45.9. The number of carbonyl (C=O) groups excluding carboxylic acids is 1. The van der Waals surface area contributed by atoms with Crippen molar-refractivity contribution in [2.45, 2.75) is 310 Å². The van der Waals surface area contributed by atoms with Gasteiger partial charge in [-0.05, 0) is 24.7 Å². The van der Waals surface area contributed by atoms with Gasteiger partial charge in [0.15, 0.2) is 0 Å². The van der Waals surface area contributed by atoms with E-state index in [4.69, 9.17) is 4.74 Å². The van der Waals surface area contributed by atoms with Gasteiger partial charge in [0.25, 0.3) is 0 Å². The summed E-state index contributed by atoms with van der Waals surface area (Å²) < 4.78 is 5.51. The highest BCUT2D eigenvalue weighted by molar-refractivity contribution is 5.69. The van der Waals surface area contributed by atoms with E-state index in [0.717, 1.165) is 24.7 Å². The van der Waals surface area contributed by atoms with Gasteiger partial charge in [-0.15, -0.1) is 0 Å². The molecular weight excluding hydrogens is 657 g/mol. The molecule has 0 rings (SSSR count). The lowest BCUT2D eigenvalue weighted by Gasteiger charge is -2.17. The zero-order chi connectivity index (χ0) is 39.3. The standard InChI is InChI=1S/C52H104O2/c1-5-7-9-11-12-13-14-15-16-17-18-21-24-29-34-40-46-51(45-39-10-8-6-2)47-41-35-30-25-26-31-36-42-48-52(53)54-49-43-37-32-27-22-19-20-23-28-33-38-44-50(3)4/h50-51H,5-49H2,1-4H3. The Labute approximate surface area is 343 Å². The molecule has 0 fully saturated rings. The fraction of sp³-hybridized carbons (Fsp3) is 0.981. The summed E-state index contributed by atoms with van der Waals surface area (Å²) in [6.45, 7) is 9.94. The summed E-state index contributed by atoms with van der Waals surface area (Å²) in [5.74, 6) is 1.89. The monoisotopic (exact) mass is 761 g/mol. The normalized spacial score (nSPS) is 12.2. The zero-order valence-electron chi connectivity index (χ0n) is 38.3. The number of hydrogen-bond acceptors (Lipinski definition) is 2. The second kappa shape index (κ2) is 46.8. The Balaban J connectivity index is 3.60. The summed E-state index contributed by atoms with van der Waals surface area (Å²) in [7, 11) is 0. The van der Waals surface area contributed by atoms with E-state index in [1.54, 1.807) is 0 Å². The van der Waals surface area contributed by atoms with Crippen LogP contribution in [0.5, 0.6) is 0 Å². The van der Waals surface area contributed by atoms with Crippen LogP contribution in [-0.2, 0) is 9.53 Å². The van der Waals surface area contributed by atoms with Crippen molar-refractivity contribution < 1.29 is 9.53 Å². The van der Waals surface area contributed by atoms with Crippen LogP contribution in [0.1, 0.15) is 310 Å². The first kappa shape index (κ1) is 53.5. The van der Waals surface area contributed by atoms with E-state index < -0.39 is 0 Å². The Morgan fingerprint density at radius 1 is 0.333 bits per heavy atom. The molecule has 1 atom stereocenters. The third-order valence-electron chi connectivity index (χ3n) is 12.4. The van der Waals surface area contributed by atoms with E-state index in [1.807, 2.05) is 0 Å². The zero-order valence-corrected chi connectivity index (χ0v) is 38.3. The van der Waals surface area contributed by atoms with Gasteiger partial charge in [0.1, 0.15) is 0 Å². The molecule has 0 aromatic rings. The Morgan fingerprint density at radius 2 is 0.593 bits per heavy atom. The van der Waals surface area contributed by atoms with Gasteiger partial charge in [0, 0.05) is 6.42 Å². The molecule has 0 amide bonds. The number of unbranched alkanes of at least 4 members (excludes halogenated alkanes) is 35. The molecule has 1 unspecified atom stereocenters. The fourth-order valence-electron chi connectivity index (χ4n) is 8.54. The molecule has 0 heterocycles. The van der Waals surface area contributed by atoms with Gasteiger partial charge in [-0.1, -0.05) is 291 Å². The average molecular weight is 761 g/mol. The molecule has 0 aromatic carbocycles. The molecule has 54 heavy (non-hydrogen) atoms. The van der Waals surface area contributed by atoms with Crippen LogP contribution >= 0.6 is 0 Å². The van der Waals surface area contributed by atoms with Crippen molar-refractivity contribution in [2.75, 3.05) is 6.61 Å². The fourth-order valence-corrected chi connectivity index (χ4v) is 8.54. The Bertz CT molecular complexity index is 686. The van der Waals surface area contributed by atoms with Crippen molar-refractivity contribution in [2.24, 2.45) is 11.8 Å². The number of hydrogen-bond donors (Lipinski definition) is 0. The molecule has 0 N–H and O–H groups in total. The minimum atomic E-state index is 0.0345. The summed E-state index contributed by atoms with van der Waals surface area (Å²) in [5.41, 5.74) is 0. The molecular formula is C52H104O2.